The molecule has 0 unspecified atom stereocenters. The van der Waals surface area contributed by atoms with E-state index >= 15 is 0 Å². The molecule has 1 saturated heterocycles. The van der Waals surface area contributed by atoms with Crippen LogP contribution in [0, 0.1) is 0 Å². The van der Waals surface area contributed by atoms with E-state index in [1.165, 1.54) is 0 Å². The Kier molecular flexibility index (Phi) is 7.56. The number of nitrogens with zero attached hydrogens (tertiary/aromatic N) is 1. The topological polar surface area (TPSA) is 77.1 Å². The highest BCUT2D eigenvalue weighted by molar-refractivity contribution is 5.76. The first-order chi connectivity index (χ1) is 12.6. The Balaban J connectivity index is 1.75. The normalized spacial score (nSPS) is 14.7. The van der Waals surface area contributed by atoms with Gasteiger partial charge in [-0.15, -0.1) is 0 Å². The van der Waals surface area contributed by atoms with E-state index in [0.717, 1.165) is 18.4 Å². The molecule has 0 saturated carbocycles. The van der Waals surface area contributed by atoms with Crippen molar-refractivity contribution in [2.24, 2.45) is 0 Å². The van der Waals surface area contributed by atoms with Crippen molar-refractivity contribution in [3.05, 3.63) is 23.8 Å². The highest BCUT2D eigenvalue weighted by Crippen LogP contribution is 2.28. The van der Waals surface area contributed by atoms with Crippen molar-refractivity contribution >= 4 is 12.0 Å². The summed E-state index contributed by atoms with van der Waals surface area (Å²) in [4.78, 5) is 25.6. The lowest BCUT2D eigenvalue weighted by Crippen LogP contribution is -2.46. The second-order valence-corrected chi connectivity index (χ2v) is 6.22. The smallest absolute Gasteiger partial charge is 0.409 e. The molecular formula is C19H28N2O5. The lowest BCUT2D eigenvalue weighted by Gasteiger charge is -2.31. The SMILES string of the molecule is CCOC(=O)N1CCC(NC(=O)CCc2ccc(OC)c(OC)c2)CC1. The van der Waals surface area contributed by atoms with Crippen LogP contribution < -0.4 is 14.8 Å². The quantitative estimate of drug-likeness (QED) is 0.804. The zero-order valence-corrected chi connectivity index (χ0v) is 15.7. The van der Waals surface area contributed by atoms with Gasteiger partial charge in [-0.3, -0.25) is 4.79 Å². The molecule has 1 aliphatic rings. The van der Waals surface area contributed by atoms with Gasteiger partial charge >= 0.3 is 6.09 Å². The predicted molar refractivity (Wildman–Crippen MR) is 97.6 cm³/mol. The molecule has 0 spiro atoms. The molecule has 1 heterocycles. The van der Waals surface area contributed by atoms with Crippen LogP contribution in [0.2, 0.25) is 0 Å². The van der Waals surface area contributed by atoms with E-state index < -0.39 is 0 Å². The third kappa shape index (κ3) is 5.54. The zero-order chi connectivity index (χ0) is 18.9. The number of rotatable bonds is 7. The van der Waals surface area contributed by atoms with Crippen LogP contribution in [0.1, 0.15) is 31.7 Å². The first kappa shape index (κ1) is 19.9. The average molecular weight is 364 g/mol. The highest BCUT2D eigenvalue weighted by Gasteiger charge is 2.24. The van der Waals surface area contributed by atoms with Crippen LogP contribution in [-0.2, 0) is 16.0 Å². The highest BCUT2D eigenvalue weighted by atomic mass is 16.6. The number of benzene rings is 1. The third-order valence-corrected chi connectivity index (χ3v) is 4.47. The predicted octanol–water partition coefficient (Wildman–Crippen LogP) is 2.37. The van der Waals surface area contributed by atoms with Crippen LogP contribution in [0.25, 0.3) is 0 Å². The molecule has 0 radical (unpaired) electrons. The van der Waals surface area contributed by atoms with Crippen molar-refractivity contribution in [3.8, 4) is 11.5 Å². The average Bonchev–Trinajstić information content (AvgIpc) is 2.66. The van der Waals surface area contributed by atoms with Crippen LogP contribution in [-0.4, -0.2) is 56.9 Å². The van der Waals surface area contributed by atoms with Crippen LogP contribution >= 0.6 is 0 Å². The largest absolute Gasteiger partial charge is 0.493 e. The minimum absolute atomic E-state index is 0.0226. The van der Waals surface area contributed by atoms with Crippen LogP contribution in [0.4, 0.5) is 4.79 Å². The second kappa shape index (κ2) is 9.89. The van der Waals surface area contributed by atoms with Crippen molar-refractivity contribution < 1.29 is 23.8 Å². The Labute approximate surface area is 154 Å². The molecule has 7 nitrogen and oxygen atoms in total. The van der Waals surface area contributed by atoms with Crippen LogP contribution in [0.3, 0.4) is 0 Å². The van der Waals surface area contributed by atoms with Crippen molar-refractivity contribution in [2.75, 3.05) is 33.9 Å². The van der Waals surface area contributed by atoms with E-state index in [9.17, 15) is 9.59 Å². The molecule has 2 amide bonds. The van der Waals surface area contributed by atoms with Crippen molar-refractivity contribution in [1.29, 1.82) is 0 Å². The van der Waals surface area contributed by atoms with Crippen molar-refractivity contribution in [1.82, 2.24) is 10.2 Å². The fourth-order valence-electron chi connectivity index (χ4n) is 3.02. The number of aryl methyl sites for hydroxylation is 1. The monoisotopic (exact) mass is 364 g/mol. The number of carbonyl (C=O) groups excluding carboxylic acids is 2. The summed E-state index contributed by atoms with van der Waals surface area (Å²) >= 11 is 0. The third-order valence-electron chi connectivity index (χ3n) is 4.47. The van der Waals surface area contributed by atoms with E-state index in [4.69, 9.17) is 14.2 Å². The molecular weight excluding hydrogens is 336 g/mol. The number of nitrogens with one attached hydrogen (secondary N) is 1. The molecule has 26 heavy (non-hydrogen) atoms. The molecule has 1 fully saturated rings. The molecule has 0 bridgehead atoms. The summed E-state index contributed by atoms with van der Waals surface area (Å²) < 4.78 is 15.5. The van der Waals surface area contributed by atoms with E-state index in [1.807, 2.05) is 18.2 Å². The lowest BCUT2D eigenvalue weighted by atomic mass is 10.0. The van der Waals surface area contributed by atoms with Gasteiger partial charge in [0.2, 0.25) is 5.91 Å². The first-order valence-corrected chi connectivity index (χ1v) is 8.99. The molecule has 144 valence electrons. The second-order valence-electron chi connectivity index (χ2n) is 6.22. The van der Waals surface area contributed by atoms with E-state index in [2.05, 4.69) is 5.32 Å². The number of carbonyl (C=O) groups is 2. The molecule has 0 atom stereocenters. The van der Waals surface area contributed by atoms with Gasteiger partial charge in [-0.05, 0) is 43.9 Å². The molecule has 1 aromatic carbocycles. The molecule has 1 aromatic rings. The Hall–Kier alpha value is -2.44. The van der Waals surface area contributed by atoms with Gasteiger partial charge < -0.3 is 24.4 Å². The molecule has 1 aliphatic heterocycles. The number of ether oxygens (including phenoxy) is 3. The fraction of sp³-hybridized carbons (Fsp3) is 0.579. The summed E-state index contributed by atoms with van der Waals surface area (Å²) in [6.45, 7) is 3.40. The fourth-order valence-corrected chi connectivity index (χ4v) is 3.02. The number of methoxy groups -OCH3 is 2. The van der Waals surface area contributed by atoms with Gasteiger partial charge in [0.15, 0.2) is 11.5 Å². The zero-order valence-electron chi connectivity index (χ0n) is 15.7. The molecule has 7 heteroatoms. The summed E-state index contributed by atoms with van der Waals surface area (Å²) in [7, 11) is 3.19. The Morgan fingerprint density at radius 2 is 1.85 bits per heavy atom. The van der Waals surface area contributed by atoms with Gasteiger partial charge in [-0.25, -0.2) is 4.79 Å². The molecule has 0 aliphatic carbocycles. The van der Waals surface area contributed by atoms with E-state index in [1.54, 1.807) is 26.0 Å². The van der Waals surface area contributed by atoms with Gasteiger partial charge in [-0.1, -0.05) is 6.07 Å². The van der Waals surface area contributed by atoms with Gasteiger partial charge in [0.1, 0.15) is 0 Å². The lowest BCUT2D eigenvalue weighted by molar-refractivity contribution is -0.122. The van der Waals surface area contributed by atoms with Gasteiger partial charge in [0.25, 0.3) is 0 Å². The van der Waals surface area contributed by atoms with Crippen LogP contribution in [0.15, 0.2) is 18.2 Å². The molecule has 2 rings (SSSR count). The maximum absolute atomic E-state index is 12.2. The standard InChI is InChI=1S/C19H28N2O5/c1-4-26-19(23)21-11-9-15(10-12-21)20-18(22)8-6-14-5-7-16(24-2)17(13-14)25-3/h5,7,13,15H,4,6,8-12H2,1-3H3,(H,20,22). The Morgan fingerprint density at radius 1 is 1.15 bits per heavy atom. The van der Waals surface area contributed by atoms with Crippen molar-refractivity contribution in [2.45, 2.75) is 38.6 Å². The van der Waals surface area contributed by atoms with Gasteiger partial charge in [-0.2, -0.15) is 0 Å². The summed E-state index contributed by atoms with van der Waals surface area (Å²) in [5.41, 5.74) is 1.02. The molecule has 1 N–H and O–H groups in total. The van der Waals surface area contributed by atoms with E-state index in [-0.39, 0.29) is 18.0 Å². The minimum atomic E-state index is -0.272. The Morgan fingerprint density at radius 3 is 2.46 bits per heavy atom. The van der Waals surface area contributed by atoms with Crippen molar-refractivity contribution in [3.63, 3.8) is 0 Å². The maximum atomic E-state index is 12.2. The summed E-state index contributed by atoms with van der Waals surface area (Å²) in [6.07, 6.45) is 2.27. The van der Waals surface area contributed by atoms with Crippen LogP contribution in [0.5, 0.6) is 11.5 Å². The van der Waals surface area contributed by atoms with Gasteiger partial charge in [0, 0.05) is 25.6 Å². The number of hydrogen-bond donors (Lipinski definition) is 1. The summed E-state index contributed by atoms with van der Waals surface area (Å²) in [5, 5.41) is 3.06. The Bertz CT molecular complexity index is 612. The summed E-state index contributed by atoms with van der Waals surface area (Å²) in [5.74, 6) is 1.36. The summed E-state index contributed by atoms with van der Waals surface area (Å²) in [6, 6.07) is 5.78. The number of amides is 2. The number of hydrogen-bond acceptors (Lipinski definition) is 5. The maximum Gasteiger partial charge on any atom is 0.409 e. The number of likely N-dealkylation sites (tertiary alicyclic amines) is 1. The minimum Gasteiger partial charge on any atom is -0.493 e. The molecule has 0 aromatic heterocycles. The van der Waals surface area contributed by atoms with E-state index in [0.29, 0.717) is 44.0 Å². The van der Waals surface area contributed by atoms with Gasteiger partial charge in [0.05, 0.1) is 20.8 Å². The number of piperidine rings is 1. The first-order valence-electron chi connectivity index (χ1n) is 8.99.